The number of nitrogens with zero attached hydrogens (tertiary/aromatic N) is 3. The second-order valence-electron chi connectivity index (χ2n) is 7.41. The van der Waals surface area contributed by atoms with Crippen molar-refractivity contribution in [1.82, 2.24) is 9.99 Å². The van der Waals surface area contributed by atoms with Crippen LogP contribution in [0.1, 0.15) is 35.9 Å². The fraction of sp³-hybridized carbons (Fsp3) is 0.350. The van der Waals surface area contributed by atoms with Gasteiger partial charge in [-0.3, -0.25) is 19.7 Å². The van der Waals surface area contributed by atoms with Crippen molar-refractivity contribution in [2.24, 2.45) is 5.10 Å². The lowest BCUT2D eigenvalue weighted by molar-refractivity contribution is -0.133. The molecule has 0 spiro atoms. The van der Waals surface area contributed by atoms with Crippen molar-refractivity contribution in [1.29, 1.82) is 0 Å². The third-order valence-corrected chi connectivity index (χ3v) is 7.91. The fourth-order valence-electron chi connectivity index (χ4n) is 3.56. The van der Waals surface area contributed by atoms with E-state index in [2.05, 4.69) is 15.4 Å². The number of carbonyl (C=O) groups is 3. The van der Waals surface area contributed by atoms with Crippen LogP contribution in [-0.2, 0) is 19.4 Å². The molecule has 4 rings (SSSR count). The van der Waals surface area contributed by atoms with Crippen molar-refractivity contribution in [2.75, 3.05) is 16.8 Å². The highest BCUT2D eigenvalue weighted by atomic mass is 32.2. The molecule has 1 atom stereocenters. The minimum Gasteiger partial charge on any atom is -0.297 e. The molecule has 2 amide bonds. The zero-order chi connectivity index (χ0) is 22.2. The molecule has 11 heteroatoms. The number of benzene rings is 1. The van der Waals surface area contributed by atoms with Crippen LogP contribution >= 0.6 is 11.3 Å². The third kappa shape index (κ3) is 4.57. The summed E-state index contributed by atoms with van der Waals surface area (Å²) in [5.41, 5.74) is 1.38. The van der Waals surface area contributed by atoms with Crippen molar-refractivity contribution < 1.29 is 22.8 Å². The number of thiazole rings is 1. The van der Waals surface area contributed by atoms with Gasteiger partial charge in [0.25, 0.3) is 5.91 Å². The van der Waals surface area contributed by atoms with Crippen molar-refractivity contribution in [2.45, 2.75) is 32.2 Å². The first-order valence-electron chi connectivity index (χ1n) is 9.72. The first kappa shape index (κ1) is 21.3. The fourth-order valence-corrected chi connectivity index (χ4v) is 6.13. The number of hydrogen-bond donors (Lipinski definition) is 1. The zero-order valence-electron chi connectivity index (χ0n) is 16.7. The Kier molecular flexibility index (Phi) is 5.71. The summed E-state index contributed by atoms with van der Waals surface area (Å²) in [5, 5.41) is 8.22. The van der Waals surface area contributed by atoms with Crippen LogP contribution in [0.3, 0.4) is 0 Å². The highest BCUT2D eigenvalue weighted by molar-refractivity contribution is 7.91. The van der Waals surface area contributed by atoms with Crippen molar-refractivity contribution >= 4 is 49.6 Å². The van der Waals surface area contributed by atoms with E-state index in [9.17, 15) is 22.8 Å². The number of aromatic nitrogens is 1. The molecule has 2 aromatic rings. The lowest BCUT2D eigenvalue weighted by Crippen LogP contribution is -2.42. The van der Waals surface area contributed by atoms with Crippen LogP contribution in [0.25, 0.3) is 11.3 Å². The van der Waals surface area contributed by atoms with Crippen LogP contribution in [0.15, 0.2) is 35.4 Å². The molecule has 1 unspecified atom stereocenters. The highest BCUT2D eigenvalue weighted by Crippen LogP contribution is 2.31. The monoisotopic (exact) mass is 460 g/mol. The van der Waals surface area contributed by atoms with Gasteiger partial charge in [0.05, 0.1) is 28.1 Å². The molecular weight excluding hydrogens is 440 g/mol. The Morgan fingerprint density at radius 3 is 2.58 bits per heavy atom. The van der Waals surface area contributed by atoms with E-state index in [0.717, 1.165) is 21.9 Å². The van der Waals surface area contributed by atoms with Gasteiger partial charge in [0.15, 0.2) is 20.8 Å². The van der Waals surface area contributed by atoms with Gasteiger partial charge < -0.3 is 0 Å². The van der Waals surface area contributed by atoms with Crippen molar-refractivity contribution in [3.8, 4) is 11.3 Å². The number of anilines is 1. The van der Waals surface area contributed by atoms with Crippen LogP contribution in [0.5, 0.6) is 0 Å². The van der Waals surface area contributed by atoms with Crippen LogP contribution in [0.2, 0.25) is 0 Å². The molecule has 1 N–H and O–H groups in total. The quantitative estimate of drug-likeness (QED) is 0.681. The SMILES string of the molecule is CC(=O)c1sc(NC(=O)C2=NN(C3CCS(=O)(=O)C3)C(=O)CC2)nc1-c1ccccc1. The third-order valence-electron chi connectivity index (χ3n) is 5.09. The number of nitrogens with one attached hydrogen (secondary N) is 1. The first-order valence-corrected chi connectivity index (χ1v) is 12.4. The minimum atomic E-state index is -3.20. The van der Waals surface area contributed by atoms with Crippen molar-refractivity contribution in [3.63, 3.8) is 0 Å². The summed E-state index contributed by atoms with van der Waals surface area (Å²) >= 11 is 1.07. The molecule has 1 saturated heterocycles. The smallest absolute Gasteiger partial charge is 0.273 e. The Labute approximate surface area is 183 Å². The van der Waals surface area contributed by atoms with Gasteiger partial charge in [-0.25, -0.2) is 18.4 Å². The Hall–Kier alpha value is -2.92. The summed E-state index contributed by atoms with van der Waals surface area (Å²) in [6, 6.07) is 8.64. The van der Waals surface area contributed by atoms with Gasteiger partial charge in [-0.1, -0.05) is 41.7 Å². The lowest BCUT2D eigenvalue weighted by Gasteiger charge is -2.27. The highest BCUT2D eigenvalue weighted by Gasteiger charge is 2.37. The van der Waals surface area contributed by atoms with Gasteiger partial charge in [0.2, 0.25) is 5.91 Å². The number of amides is 2. The molecule has 0 radical (unpaired) electrons. The number of hydrazone groups is 1. The van der Waals surface area contributed by atoms with Gasteiger partial charge in [-0.15, -0.1) is 0 Å². The van der Waals surface area contributed by atoms with Gasteiger partial charge >= 0.3 is 0 Å². The first-order chi connectivity index (χ1) is 14.7. The molecule has 2 aliphatic heterocycles. The maximum Gasteiger partial charge on any atom is 0.273 e. The molecule has 1 fully saturated rings. The second-order valence-corrected chi connectivity index (χ2v) is 10.6. The molecule has 0 aliphatic carbocycles. The van der Waals surface area contributed by atoms with Crippen LogP contribution in [-0.4, -0.2) is 59.3 Å². The molecule has 0 bridgehead atoms. The predicted molar refractivity (Wildman–Crippen MR) is 117 cm³/mol. The van der Waals surface area contributed by atoms with Crippen LogP contribution in [0.4, 0.5) is 5.13 Å². The van der Waals surface area contributed by atoms with Crippen molar-refractivity contribution in [3.05, 3.63) is 35.2 Å². The van der Waals surface area contributed by atoms with Crippen LogP contribution < -0.4 is 5.32 Å². The topological polar surface area (TPSA) is 126 Å². The molecule has 9 nitrogen and oxygen atoms in total. The van der Waals surface area contributed by atoms with Gasteiger partial charge in [0.1, 0.15) is 5.71 Å². The number of rotatable bonds is 5. The molecule has 2 aliphatic rings. The zero-order valence-corrected chi connectivity index (χ0v) is 18.3. The summed E-state index contributed by atoms with van der Waals surface area (Å²) in [4.78, 5) is 41.9. The second kappa shape index (κ2) is 8.31. The molecule has 31 heavy (non-hydrogen) atoms. The average molecular weight is 461 g/mol. The maximum atomic E-state index is 12.8. The predicted octanol–water partition coefficient (Wildman–Crippen LogP) is 2.12. The standard InChI is InChI=1S/C20H20N4O5S2/c1-12(25)18-17(13-5-3-2-4-6-13)21-20(30-18)22-19(27)15-7-8-16(26)24(23-15)14-9-10-31(28,29)11-14/h2-6,14H,7-11H2,1H3,(H,21,22,27). The van der Waals surface area contributed by atoms with E-state index in [4.69, 9.17) is 0 Å². The van der Waals surface area contributed by atoms with E-state index in [0.29, 0.717) is 17.0 Å². The largest absolute Gasteiger partial charge is 0.297 e. The summed E-state index contributed by atoms with van der Waals surface area (Å²) in [6.07, 6.45) is 0.535. The number of carbonyl (C=O) groups excluding carboxylic acids is 3. The van der Waals surface area contributed by atoms with E-state index >= 15 is 0 Å². The van der Waals surface area contributed by atoms with E-state index < -0.39 is 21.8 Å². The van der Waals surface area contributed by atoms with E-state index in [1.165, 1.54) is 6.92 Å². The van der Waals surface area contributed by atoms with Gasteiger partial charge in [-0.2, -0.15) is 5.10 Å². The molecule has 162 valence electrons. The minimum absolute atomic E-state index is 0.00764. The summed E-state index contributed by atoms with van der Waals surface area (Å²) in [5.74, 6) is -1.12. The Morgan fingerprint density at radius 1 is 1.19 bits per heavy atom. The number of sulfone groups is 1. The summed E-state index contributed by atoms with van der Waals surface area (Å²) in [7, 11) is -3.20. The molecule has 0 saturated carbocycles. The van der Waals surface area contributed by atoms with Crippen LogP contribution in [0, 0.1) is 0 Å². The molecular formula is C20H20N4O5S2. The maximum absolute atomic E-state index is 12.8. The lowest BCUT2D eigenvalue weighted by atomic mass is 10.1. The van der Waals surface area contributed by atoms with E-state index in [1.807, 2.05) is 30.3 Å². The van der Waals surface area contributed by atoms with Gasteiger partial charge in [0, 0.05) is 25.3 Å². The molecule has 3 heterocycles. The molecule has 1 aromatic heterocycles. The molecule has 1 aromatic carbocycles. The number of hydrogen-bond acceptors (Lipinski definition) is 8. The average Bonchev–Trinajstić information content (AvgIpc) is 3.32. The Balaban J connectivity index is 1.56. The number of ketones is 1. The normalized spacial score (nSPS) is 20.4. The van der Waals surface area contributed by atoms with E-state index in [1.54, 1.807) is 0 Å². The number of Topliss-reactive ketones (excluding diaryl/α,β-unsaturated/α-hetero) is 1. The van der Waals surface area contributed by atoms with E-state index in [-0.39, 0.29) is 46.9 Å². The Morgan fingerprint density at radius 2 is 1.94 bits per heavy atom. The Bertz CT molecular complexity index is 1190. The van der Waals surface area contributed by atoms with Gasteiger partial charge in [-0.05, 0) is 6.42 Å². The summed E-state index contributed by atoms with van der Waals surface area (Å²) < 4.78 is 23.5. The summed E-state index contributed by atoms with van der Waals surface area (Å²) in [6.45, 7) is 1.44.